The van der Waals surface area contributed by atoms with Gasteiger partial charge in [-0.05, 0) is 18.1 Å². The predicted octanol–water partition coefficient (Wildman–Crippen LogP) is 3.07. The molecule has 0 bridgehead atoms. The van der Waals surface area contributed by atoms with Gasteiger partial charge in [0.05, 0.1) is 13.2 Å². The molecule has 1 aliphatic rings. The molecule has 3 rings (SSSR count). The van der Waals surface area contributed by atoms with Gasteiger partial charge in [0.25, 0.3) is 0 Å². The van der Waals surface area contributed by atoms with E-state index in [2.05, 4.69) is 29.2 Å². The van der Waals surface area contributed by atoms with Gasteiger partial charge in [-0.15, -0.1) is 0 Å². The highest BCUT2D eigenvalue weighted by molar-refractivity contribution is 7.92. The molecule has 3 atom stereocenters. The molecule has 1 heterocycles. The van der Waals surface area contributed by atoms with Crippen LogP contribution in [0.5, 0.6) is 0 Å². The Kier molecular flexibility index (Phi) is 6.20. The van der Waals surface area contributed by atoms with Crippen LogP contribution in [0.15, 0.2) is 60.7 Å². The lowest BCUT2D eigenvalue weighted by Crippen LogP contribution is -2.63. The van der Waals surface area contributed by atoms with Gasteiger partial charge in [0.1, 0.15) is 0 Å². The monoisotopic (exact) mass is 401 g/mol. The van der Waals surface area contributed by atoms with Gasteiger partial charge in [0.2, 0.25) is 0 Å². The van der Waals surface area contributed by atoms with Crippen LogP contribution in [0.3, 0.4) is 0 Å². The highest BCUT2D eigenvalue weighted by Gasteiger charge is 2.51. The number of carbonyl (C=O) groups excluding carboxylic acids is 1. The van der Waals surface area contributed by atoms with E-state index in [1.165, 1.54) is 7.11 Å². The summed E-state index contributed by atoms with van der Waals surface area (Å²) in [6.07, 6.45) is 0. The Bertz CT molecular complexity index is 859. The molecule has 5 nitrogen and oxygen atoms in total. The van der Waals surface area contributed by atoms with E-state index in [-0.39, 0.29) is 23.8 Å². The van der Waals surface area contributed by atoms with Gasteiger partial charge < -0.3 is 4.74 Å². The van der Waals surface area contributed by atoms with Crippen LogP contribution in [0.4, 0.5) is 0 Å². The molecule has 6 heteroatoms. The number of likely N-dealkylation sites (tertiary alicyclic amines) is 1. The van der Waals surface area contributed by atoms with Gasteiger partial charge in [0, 0.05) is 24.3 Å². The maximum absolute atomic E-state index is 12.6. The molecule has 2 aromatic rings. The molecule has 0 aliphatic carbocycles. The van der Waals surface area contributed by atoms with E-state index in [0.29, 0.717) is 6.54 Å². The van der Waals surface area contributed by atoms with Crippen LogP contribution in [0.25, 0.3) is 0 Å². The summed E-state index contributed by atoms with van der Waals surface area (Å²) in [5.74, 6) is -1.02. The molecular formula is C22H27NO4S. The first-order valence-electron chi connectivity index (χ1n) is 9.55. The summed E-state index contributed by atoms with van der Waals surface area (Å²) in [6, 6.07) is 20.2. The Morgan fingerprint density at radius 2 is 1.57 bits per heavy atom. The number of sulfone groups is 1. The molecule has 0 amide bonds. The molecule has 0 radical (unpaired) electrons. The third-order valence-corrected chi connectivity index (χ3v) is 7.86. The Morgan fingerprint density at radius 3 is 1.96 bits per heavy atom. The second-order valence-electron chi connectivity index (χ2n) is 7.22. The van der Waals surface area contributed by atoms with E-state index in [1.807, 2.05) is 43.3 Å². The molecule has 2 unspecified atom stereocenters. The van der Waals surface area contributed by atoms with Crippen molar-refractivity contribution in [3.05, 3.63) is 71.8 Å². The third-order valence-electron chi connectivity index (χ3n) is 5.74. The maximum Gasteiger partial charge on any atom is 0.324 e. The summed E-state index contributed by atoms with van der Waals surface area (Å²) in [4.78, 5) is 14.6. The van der Waals surface area contributed by atoms with Gasteiger partial charge in [-0.25, -0.2) is 8.42 Å². The van der Waals surface area contributed by atoms with Crippen molar-refractivity contribution >= 4 is 15.8 Å². The first-order valence-corrected chi connectivity index (χ1v) is 11.3. The minimum absolute atomic E-state index is 0.0104. The van der Waals surface area contributed by atoms with Crippen molar-refractivity contribution in [2.45, 2.75) is 31.2 Å². The van der Waals surface area contributed by atoms with E-state index in [1.54, 1.807) is 6.92 Å². The summed E-state index contributed by atoms with van der Waals surface area (Å²) in [5, 5.41) is -1.11. The van der Waals surface area contributed by atoms with Crippen LogP contribution in [0.1, 0.15) is 31.0 Å². The SMILES string of the molecule is CCS(=O)(=O)C(C(=O)OC)C1CN(C(c2ccccc2)c2ccccc2)[C@@H]1C. The molecule has 0 spiro atoms. The fraction of sp³-hybridized carbons (Fsp3) is 0.409. The molecule has 2 aromatic carbocycles. The summed E-state index contributed by atoms with van der Waals surface area (Å²) in [6.45, 7) is 4.09. The first kappa shape index (κ1) is 20.6. The number of carbonyl (C=O) groups is 1. The van der Waals surface area contributed by atoms with Crippen LogP contribution in [-0.2, 0) is 19.4 Å². The topological polar surface area (TPSA) is 63.7 Å². The molecule has 1 fully saturated rings. The summed E-state index contributed by atoms with van der Waals surface area (Å²) in [7, 11) is -2.30. The fourth-order valence-corrected chi connectivity index (χ4v) is 5.68. The Labute approximate surface area is 167 Å². The Hall–Kier alpha value is -2.18. The second kappa shape index (κ2) is 8.45. The maximum atomic E-state index is 12.6. The Morgan fingerprint density at radius 1 is 1.07 bits per heavy atom. The first-order chi connectivity index (χ1) is 13.4. The smallest absolute Gasteiger partial charge is 0.324 e. The van der Waals surface area contributed by atoms with Crippen molar-refractivity contribution in [3.8, 4) is 0 Å². The third kappa shape index (κ3) is 3.84. The van der Waals surface area contributed by atoms with E-state index in [9.17, 15) is 13.2 Å². The van der Waals surface area contributed by atoms with E-state index >= 15 is 0 Å². The van der Waals surface area contributed by atoms with Gasteiger partial charge in [-0.1, -0.05) is 67.6 Å². The van der Waals surface area contributed by atoms with Gasteiger partial charge in [-0.3, -0.25) is 9.69 Å². The zero-order valence-electron chi connectivity index (χ0n) is 16.5. The van der Waals surface area contributed by atoms with Crippen LogP contribution in [0.2, 0.25) is 0 Å². The summed E-state index contributed by atoms with van der Waals surface area (Å²) < 4.78 is 30.0. The van der Waals surface area contributed by atoms with Crippen LogP contribution >= 0.6 is 0 Å². The van der Waals surface area contributed by atoms with Gasteiger partial charge in [-0.2, -0.15) is 0 Å². The molecule has 0 saturated carbocycles. The van der Waals surface area contributed by atoms with E-state index in [0.717, 1.165) is 11.1 Å². The predicted molar refractivity (Wildman–Crippen MR) is 110 cm³/mol. The number of benzene rings is 2. The van der Waals surface area contributed by atoms with Crippen LogP contribution in [0, 0.1) is 5.92 Å². The second-order valence-corrected chi connectivity index (χ2v) is 9.63. The average molecular weight is 402 g/mol. The van der Waals surface area contributed by atoms with E-state index in [4.69, 9.17) is 4.74 Å². The number of hydrogen-bond donors (Lipinski definition) is 0. The zero-order chi connectivity index (χ0) is 20.3. The van der Waals surface area contributed by atoms with E-state index < -0.39 is 21.1 Å². The van der Waals surface area contributed by atoms with Crippen molar-refractivity contribution in [2.24, 2.45) is 5.92 Å². The van der Waals surface area contributed by atoms with Crippen molar-refractivity contribution in [3.63, 3.8) is 0 Å². The lowest BCUT2D eigenvalue weighted by Gasteiger charge is -2.52. The average Bonchev–Trinajstić information content (AvgIpc) is 2.73. The summed E-state index contributed by atoms with van der Waals surface area (Å²) >= 11 is 0. The largest absolute Gasteiger partial charge is 0.468 e. The molecular weight excluding hydrogens is 374 g/mol. The highest BCUT2D eigenvalue weighted by atomic mass is 32.2. The minimum Gasteiger partial charge on any atom is -0.468 e. The van der Waals surface area contributed by atoms with Crippen molar-refractivity contribution in [2.75, 3.05) is 19.4 Å². The standard InChI is InChI=1S/C22H27NO4S/c1-4-28(25,26)21(22(24)27-3)19-15-23(16(19)2)20(17-11-7-5-8-12-17)18-13-9-6-10-14-18/h5-14,16,19-21H,4,15H2,1-3H3/t16-,19?,21?/m1/s1. The molecule has 1 aliphatic heterocycles. The number of hydrogen-bond acceptors (Lipinski definition) is 5. The molecule has 28 heavy (non-hydrogen) atoms. The molecule has 150 valence electrons. The van der Waals surface area contributed by atoms with Crippen LogP contribution < -0.4 is 0 Å². The van der Waals surface area contributed by atoms with Gasteiger partial charge in [0.15, 0.2) is 15.1 Å². The fourth-order valence-electron chi connectivity index (χ4n) is 4.09. The molecule has 1 saturated heterocycles. The lowest BCUT2D eigenvalue weighted by molar-refractivity contribution is -0.144. The molecule has 0 aromatic heterocycles. The van der Waals surface area contributed by atoms with Crippen molar-refractivity contribution < 1.29 is 17.9 Å². The highest BCUT2D eigenvalue weighted by Crippen LogP contribution is 2.41. The van der Waals surface area contributed by atoms with Crippen LogP contribution in [-0.4, -0.2) is 50.0 Å². The normalized spacial score (nSPS) is 21.1. The van der Waals surface area contributed by atoms with Crippen molar-refractivity contribution in [1.82, 2.24) is 4.90 Å². The minimum atomic E-state index is -3.54. The Balaban J connectivity index is 1.92. The quantitative estimate of drug-likeness (QED) is 0.667. The molecule has 0 N–H and O–H groups in total. The number of rotatable bonds is 7. The van der Waals surface area contributed by atoms with Gasteiger partial charge >= 0.3 is 5.97 Å². The number of esters is 1. The number of nitrogens with zero attached hydrogens (tertiary/aromatic N) is 1. The number of ether oxygens (including phenoxy) is 1. The number of methoxy groups -OCH3 is 1. The van der Waals surface area contributed by atoms with Crippen molar-refractivity contribution in [1.29, 1.82) is 0 Å². The lowest BCUT2D eigenvalue weighted by atomic mass is 9.82. The summed E-state index contributed by atoms with van der Waals surface area (Å²) in [5.41, 5.74) is 2.29. The zero-order valence-corrected chi connectivity index (χ0v) is 17.3.